The lowest BCUT2D eigenvalue weighted by molar-refractivity contribution is 0.625. The van der Waals surface area contributed by atoms with Crippen LogP contribution in [-0.4, -0.2) is 0 Å². The fraction of sp³-hybridized carbons (Fsp3) is 0.133. The third-order valence-electron chi connectivity index (χ3n) is 2.76. The minimum absolute atomic E-state index is 0.337. The molecule has 0 amide bonds. The molecule has 0 aromatic heterocycles. The first kappa shape index (κ1) is 13.6. The molecule has 0 radical (unpaired) electrons. The summed E-state index contributed by atoms with van der Waals surface area (Å²) in [6.07, 6.45) is 0. The lowest BCUT2D eigenvalue weighted by atomic mass is 10.1. The van der Waals surface area contributed by atoms with Gasteiger partial charge in [-0.15, -0.1) is 0 Å². The first-order valence-electron chi connectivity index (χ1n) is 5.78. The minimum atomic E-state index is -0.386. The molecule has 0 saturated carbocycles. The predicted octanol–water partition coefficient (Wildman–Crippen LogP) is 4.38. The Morgan fingerprint density at radius 2 is 2.05 bits per heavy atom. The second-order valence-corrected chi connectivity index (χ2v) is 5.19. The van der Waals surface area contributed by atoms with Crippen molar-refractivity contribution in [3.8, 4) is 6.07 Å². The molecule has 0 fully saturated rings. The van der Waals surface area contributed by atoms with E-state index < -0.39 is 0 Å². The van der Waals surface area contributed by atoms with E-state index in [2.05, 4.69) is 21.2 Å². The summed E-state index contributed by atoms with van der Waals surface area (Å²) in [5.74, 6) is -0.386. The molecular formula is C15H12BrFN2. The molecule has 4 heteroatoms. The number of rotatable bonds is 3. The third kappa shape index (κ3) is 3.55. The SMILES string of the molecule is Cc1cc(Br)ccc1NCc1cc(F)cc(C#N)c1. The number of anilines is 1. The van der Waals surface area contributed by atoms with E-state index in [1.807, 2.05) is 31.2 Å². The quantitative estimate of drug-likeness (QED) is 0.911. The molecule has 0 aliphatic carbocycles. The van der Waals surface area contributed by atoms with Gasteiger partial charge in [0.15, 0.2) is 0 Å². The average molecular weight is 319 g/mol. The van der Waals surface area contributed by atoms with Gasteiger partial charge in [0.1, 0.15) is 5.82 Å². The van der Waals surface area contributed by atoms with E-state index in [-0.39, 0.29) is 5.82 Å². The number of nitrogens with one attached hydrogen (secondary N) is 1. The van der Waals surface area contributed by atoms with Crippen LogP contribution in [0.15, 0.2) is 40.9 Å². The van der Waals surface area contributed by atoms with Gasteiger partial charge in [0, 0.05) is 16.7 Å². The summed E-state index contributed by atoms with van der Waals surface area (Å²) in [4.78, 5) is 0. The van der Waals surface area contributed by atoms with Crippen molar-refractivity contribution in [3.05, 3.63) is 63.4 Å². The fourth-order valence-electron chi connectivity index (χ4n) is 1.84. The Bertz CT molecular complexity index is 647. The van der Waals surface area contributed by atoms with Crippen LogP contribution >= 0.6 is 15.9 Å². The summed E-state index contributed by atoms with van der Waals surface area (Å²) >= 11 is 3.41. The van der Waals surface area contributed by atoms with E-state index >= 15 is 0 Å². The van der Waals surface area contributed by atoms with E-state index in [1.165, 1.54) is 12.1 Å². The van der Waals surface area contributed by atoms with Gasteiger partial charge in [-0.1, -0.05) is 15.9 Å². The molecule has 1 N–H and O–H groups in total. The highest BCUT2D eigenvalue weighted by Crippen LogP contribution is 2.21. The molecule has 0 aliphatic rings. The van der Waals surface area contributed by atoms with Gasteiger partial charge in [-0.05, 0) is 54.4 Å². The van der Waals surface area contributed by atoms with E-state index in [0.29, 0.717) is 12.1 Å². The van der Waals surface area contributed by atoms with E-state index in [1.54, 1.807) is 6.07 Å². The molecule has 0 unspecified atom stereocenters. The van der Waals surface area contributed by atoms with Crippen LogP contribution in [0.3, 0.4) is 0 Å². The maximum absolute atomic E-state index is 13.3. The van der Waals surface area contributed by atoms with Crippen molar-refractivity contribution >= 4 is 21.6 Å². The number of hydrogen-bond acceptors (Lipinski definition) is 2. The second kappa shape index (κ2) is 5.85. The normalized spacial score (nSPS) is 10.0. The van der Waals surface area contributed by atoms with E-state index in [9.17, 15) is 4.39 Å². The predicted molar refractivity (Wildman–Crippen MR) is 77.3 cm³/mol. The van der Waals surface area contributed by atoms with Crippen molar-refractivity contribution in [1.82, 2.24) is 0 Å². The Labute approximate surface area is 120 Å². The van der Waals surface area contributed by atoms with Crippen LogP contribution in [0.2, 0.25) is 0 Å². The van der Waals surface area contributed by atoms with Gasteiger partial charge < -0.3 is 5.32 Å². The van der Waals surface area contributed by atoms with Crippen molar-refractivity contribution < 1.29 is 4.39 Å². The summed E-state index contributed by atoms with van der Waals surface area (Å²) in [5, 5.41) is 12.0. The molecule has 19 heavy (non-hydrogen) atoms. The van der Waals surface area contributed by atoms with Gasteiger partial charge in [-0.3, -0.25) is 0 Å². The van der Waals surface area contributed by atoms with Crippen molar-refractivity contribution in [2.45, 2.75) is 13.5 Å². The van der Waals surface area contributed by atoms with E-state index in [4.69, 9.17) is 5.26 Å². The van der Waals surface area contributed by atoms with Gasteiger partial charge in [0.05, 0.1) is 11.6 Å². The highest BCUT2D eigenvalue weighted by atomic mass is 79.9. The highest BCUT2D eigenvalue weighted by Gasteiger charge is 2.02. The summed E-state index contributed by atoms with van der Waals surface area (Å²) in [6, 6.07) is 12.2. The number of benzene rings is 2. The summed E-state index contributed by atoms with van der Waals surface area (Å²) in [7, 11) is 0. The zero-order chi connectivity index (χ0) is 13.8. The number of hydrogen-bond donors (Lipinski definition) is 1. The number of halogens is 2. The summed E-state index contributed by atoms with van der Waals surface area (Å²) in [6.45, 7) is 2.48. The van der Waals surface area contributed by atoms with Gasteiger partial charge in [0.25, 0.3) is 0 Å². The topological polar surface area (TPSA) is 35.8 Å². The Kier molecular flexibility index (Phi) is 4.18. The van der Waals surface area contributed by atoms with Crippen LogP contribution in [0.4, 0.5) is 10.1 Å². The highest BCUT2D eigenvalue weighted by molar-refractivity contribution is 9.10. The van der Waals surface area contributed by atoms with Crippen LogP contribution in [0, 0.1) is 24.1 Å². The molecule has 0 heterocycles. The maximum Gasteiger partial charge on any atom is 0.124 e. The fourth-order valence-corrected chi connectivity index (χ4v) is 2.32. The Morgan fingerprint density at radius 3 is 2.74 bits per heavy atom. The van der Waals surface area contributed by atoms with Crippen LogP contribution in [-0.2, 0) is 6.54 Å². The van der Waals surface area contributed by atoms with Gasteiger partial charge in [0.2, 0.25) is 0 Å². The smallest absolute Gasteiger partial charge is 0.124 e. The lowest BCUT2D eigenvalue weighted by Crippen LogP contribution is -2.02. The lowest BCUT2D eigenvalue weighted by Gasteiger charge is -2.10. The molecule has 2 aromatic rings. The zero-order valence-electron chi connectivity index (χ0n) is 10.4. The largest absolute Gasteiger partial charge is 0.381 e. The second-order valence-electron chi connectivity index (χ2n) is 4.27. The summed E-state index contributed by atoms with van der Waals surface area (Å²) in [5.41, 5.74) is 3.18. The maximum atomic E-state index is 13.3. The molecule has 0 aliphatic heterocycles. The third-order valence-corrected chi connectivity index (χ3v) is 3.25. The van der Waals surface area contributed by atoms with Crippen LogP contribution in [0.25, 0.3) is 0 Å². The molecule has 0 spiro atoms. The monoisotopic (exact) mass is 318 g/mol. The van der Waals surface area contributed by atoms with Crippen molar-refractivity contribution in [3.63, 3.8) is 0 Å². The Morgan fingerprint density at radius 1 is 1.26 bits per heavy atom. The van der Waals surface area contributed by atoms with Crippen LogP contribution < -0.4 is 5.32 Å². The molecule has 2 aromatic carbocycles. The van der Waals surface area contributed by atoms with Crippen molar-refractivity contribution in [2.24, 2.45) is 0 Å². The number of nitriles is 1. The molecule has 0 bridgehead atoms. The molecule has 0 saturated heterocycles. The van der Waals surface area contributed by atoms with Gasteiger partial charge in [-0.25, -0.2) is 4.39 Å². The summed E-state index contributed by atoms with van der Waals surface area (Å²) < 4.78 is 14.3. The first-order valence-corrected chi connectivity index (χ1v) is 6.57. The molecule has 2 nitrogen and oxygen atoms in total. The Hall–Kier alpha value is -1.86. The molecular weight excluding hydrogens is 307 g/mol. The number of nitrogens with zero attached hydrogens (tertiary/aromatic N) is 1. The van der Waals surface area contributed by atoms with Gasteiger partial charge in [-0.2, -0.15) is 5.26 Å². The number of aryl methyl sites for hydroxylation is 1. The van der Waals surface area contributed by atoms with Gasteiger partial charge >= 0.3 is 0 Å². The van der Waals surface area contributed by atoms with E-state index in [0.717, 1.165) is 21.3 Å². The van der Waals surface area contributed by atoms with Crippen molar-refractivity contribution in [1.29, 1.82) is 5.26 Å². The van der Waals surface area contributed by atoms with Crippen molar-refractivity contribution in [2.75, 3.05) is 5.32 Å². The molecule has 0 atom stereocenters. The Balaban J connectivity index is 2.14. The average Bonchev–Trinajstić information content (AvgIpc) is 2.37. The van der Waals surface area contributed by atoms with Crippen LogP contribution in [0.5, 0.6) is 0 Å². The first-order chi connectivity index (χ1) is 9.08. The molecule has 96 valence electrons. The molecule has 2 rings (SSSR count). The van der Waals surface area contributed by atoms with Crippen LogP contribution in [0.1, 0.15) is 16.7 Å². The standard InChI is InChI=1S/C15H12BrFN2/c1-10-4-13(16)2-3-15(10)19-9-12-5-11(8-18)6-14(17)7-12/h2-7,19H,9H2,1H3. The minimum Gasteiger partial charge on any atom is -0.381 e. The zero-order valence-corrected chi connectivity index (χ0v) is 12.0.